The van der Waals surface area contributed by atoms with Crippen LogP contribution in [-0.4, -0.2) is 30.9 Å². The minimum Gasteiger partial charge on any atom is -0.490 e. The zero-order valence-corrected chi connectivity index (χ0v) is 24.7. The highest BCUT2D eigenvalue weighted by molar-refractivity contribution is 7.07. The molecule has 4 aromatic rings. The van der Waals surface area contributed by atoms with Gasteiger partial charge in [-0.15, -0.1) is 0 Å². The number of esters is 1. The van der Waals surface area contributed by atoms with Crippen molar-refractivity contribution >= 4 is 23.4 Å². The SMILES string of the molecule is CCOc1ccc([C@H]2C(C(=O)OC)=CN=c3s/c(=C/c4ccc(OCc5ccc(C#N)cc5)cc4)c(=O)n32)cc1OCC. The Morgan fingerprint density at radius 1 is 1.00 bits per heavy atom. The Morgan fingerprint density at radius 2 is 1.72 bits per heavy atom. The minimum absolute atomic E-state index is 0.233. The van der Waals surface area contributed by atoms with Crippen LogP contribution in [0.4, 0.5) is 0 Å². The Morgan fingerprint density at radius 3 is 2.40 bits per heavy atom. The van der Waals surface area contributed by atoms with Gasteiger partial charge in [-0.25, -0.2) is 9.79 Å². The molecule has 3 aromatic carbocycles. The molecule has 0 aliphatic carbocycles. The van der Waals surface area contributed by atoms with Gasteiger partial charge in [0.05, 0.1) is 48.1 Å². The van der Waals surface area contributed by atoms with Crippen molar-refractivity contribution < 1.29 is 23.7 Å². The first kappa shape index (κ1) is 29.4. The van der Waals surface area contributed by atoms with E-state index in [-0.39, 0.29) is 11.1 Å². The zero-order valence-electron chi connectivity index (χ0n) is 23.9. The number of aromatic nitrogens is 1. The minimum atomic E-state index is -0.765. The van der Waals surface area contributed by atoms with Crippen molar-refractivity contribution in [1.82, 2.24) is 4.57 Å². The molecule has 218 valence electrons. The van der Waals surface area contributed by atoms with Crippen LogP contribution in [0.15, 0.2) is 88.3 Å². The third-order valence-electron chi connectivity index (χ3n) is 6.67. The zero-order chi connectivity index (χ0) is 30.3. The van der Waals surface area contributed by atoms with E-state index >= 15 is 0 Å². The average molecular weight is 596 g/mol. The van der Waals surface area contributed by atoms with E-state index < -0.39 is 12.0 Å². The van der Waals surface area contributed by atoms with Crippen molar-refractivity contribution in [3.63, 3.8) is 0 Å². The number of carbonyl (C=O) groups is 1. The van der Waals surface area contributed by atoms with Gasteiger partial charge < -0.3 is 18.9 Å². The van der Waals surface area contributed by atoms with E-state index in [1.807, 2.05) is 56.3 Å². The highest BCUT2D eigenvalue weighted by Gasteiger charge is 2.31. The lowest BCUT2D eigenvalue weighted by Crippen LogP contribution is -2.39. The molecule has 10 heteroatoms. The van der Waals surface area contributed by atoms with Gasteiger partial charge in [0.1, 0.15) is 12.4 Å². The van der Waals surface area contributed by atoms with Crippen LogP contribution in [0.25, 0.3) is 6.08 Å². The summed E-state index contributed by atoms with van der Waals surface area (Å²) in [6, 6.07) is 21.3. The topological polar surface area (TPSA) is 112 Å². The van der Waals surface area contributed by atoms with Crippen molar-refractivity contribution in [2.75, 3.05) is 20.3 Å². The summed E-state index contributed by atoms with van der Waals surface area (Å²) in [5, 5.41) is 8.96. The lowest BCUT2D eigenvalue weighted by Gasteiger charge is -2.23. The van der Waals surface area contributed by atoms with Crippen LogP contribution in [0.1, 0.15) is 42.1 Å². The van der Waals surface area contributed by atoms with Gasteiger partial charge in [-0.2, -0.15) is 5.26 Å². The van der Waals surface area contributed by atoms with Crippen molar-refractivity contribution in [3.05, 3.63) is 120 Å². The third kappa shape index (κ3) is 6.37. The largest absolute Gasteiger partial charge is 0.490 e. The Balaban J connectivity index is 1.46. The van der Waals surface area contributed by atoms with Gasteiger partial charge in [0.2, 0.25) is 0 Å². The summed E-state index contributed by atoms with van der Waals surface area (Å²) in [7, 11) is 1.30. The van der Waals surface area contributed by atoms with Crippen LogP contribution in [0.5, 0.6) is 17.2 Å². The molecule has 1 aromatic heterocycles. The van der Waals surface area contributed by atoms with Gasteiger partial charge in [-0.3, -0.25) is 9.36 Å². The first-order valence-corrected chi connectivity index (χ1v) is 14.5. The molecule has 0 radical (unpaired) electrons. The Bertz CT molecular complexity index is 1880. The predicted molar refractivity (Wildman–Crippen MR) is 162 cm³/mol. The second kappa shape index (κ2) is 13.2. The standard InChI is InChI=1S/C33H29N3O6S/c1-4-40-27-15-12-24(17-28(27)41-5-2)30-26(32(38)39-3)19-35-33-36(30)31(37)29(43-33)16-21-10-13-25(14-11-21)42-20-23-8-6-22(18-34)7-9-23/h6-17,19,30H,4-5,20H2,1-3H3/b29-16+/t30-/m0/s1. The molecule has 5 rings (SSSR count). The number of hydrogen-bond acceptors (Lipinski definition) is 9. The van der Waals surface area contributed by atoms with Crippen molar-refractivity contribution in [1.29, 1.82) is 5.26 Å². The molecule has 0 amide bonds. The lowest BCUT2D eigenvalue weighted by molar-refractivity contribution is -0.136. The predicted octanol–water partition coefficient (Wildman–Crippen LogP) is 4.27. The highest BCUT2D eigenvalue weighted by Crippen LogP contribution is 2.35. The summed E-state index contributed by atoms with van der Waals surface area (Å²) in [6.45, 7) is 5.01. The number of carbonyl (C=O) groups excluding carboxylic acids is 1. The molecule has 0 fully saturated rings. The van der Waals surface area contributed by atoms with E-state index in [0.717, 1.165) is 11.1 Å². The molecule has 1 aliphatic heterocycles. The van der Waals surface area contributed by atoms with Crippen LogP contribution in [0, 0.1) is 11.3 Å². The molecule has 1 aliphatic rings. The molecule has 0 spiro atoms. The second-order valence-corrected chi connectivity index (χ2v) is 10.4. The number of nitriles is 1. The number of nitrogens with zero attached hydrogens (tertiary/aromatic N) is 3. The number of fused-ring (bicyclic) bond motifs is 1. The molecule has 0 saturated heterocycles. The maximum Gasteiger partial charge on any atom is 0.337 e. The Labute approximate surface area is 252 Å². The molecule has 9 nitrogen and oxygen atoms in total. The number of methoxy groups -OCH3 is 1. The van der Waals surface area contributed by atoms with Gasteiger partial charge in [0.25, 0.3) is 5.56 Å². The quantitative estimate of drug-likeness (QED) is 0.252. The lowest BCUT2D eigenvalue weighted by atomic mass is 9.97. The summed E-state index contributed by atoms with van der Waals surface area (Å²) >= 11 is 1.24. The summed E-state index contributed by atoms with van der Waals surface area (Å²) in [5.41, 5.74) is 2.97. The number of benzene rings is 3. The molecule has 0 unspecified atom stereocenters. The summed E-state index contributed by atoms with van der Waals surface area (Å²) in [5.74, 6) is 1.19. The Hall–Kier alpha value is -5.14. The molecule has 0 N–H and O–H groups in total. The monoisotopic (exact) mass is 595 g/mol. The fourth-order valence-electron chi connectivity index (χ4n) is 4.64. The highest BCUT2D eigenvalue weighted by atomic mass is 32.1. The summed E-state index contributed by atoms with van der Waals surface area (Å²) in [4.78, 5) is 31.5. The van der Waals surface area contributed by atoms with E-state index in [1.165, 1.54) is 29.2 Å². The molecular weight excluding hydrogens is 566 g/mol. The fourth-order valence-corrected chi connectivity index (χ4v) is 5.61. The second-order valence-electron chi connectivity index (χ2n) is 9.41. The fraction of sp³-hybridized carbons (Fsp3) is 0.212. The normalized spacial score (nSPS) is 14.1. The van der Waals surface area contributed by atoms with E-state index in [9.17, 15) is 9.59 Å². The number of rotatable bonds is 10. The van der Waals surface area contributed by atoms with E-state index in [4.69, 9.17) is 24.2 Å². The first-order valence-electron chi connectivity index (χ1n) is 13.7. The van der Waals surface area contributed by atoms with Crippen LogP contribution in [-0.2, 0) is 16.1 Å². The average Bonchev–Trinajstić information content (AvgIpc) is 3.35. The molecule has 0 bridgehead atoms. The molecule has 0 saturated carbocycles. The van der Waals surface area contributed by atoms with Crippen molar-refractivity contribution in [3.8, 4) is 23.3 Å². The Kier molecular flexibility index (Phi) is 9.03. The maximum absolute atomic E-state index is 13.8. The van der Waals surface area contributed by atoms with Crippen LogP contribution in [0.2, 0.25) is 0 Å². The van der Waals surface area contributed by atoms with E-state index in [0.29, 0.717) is 57.5 Å². The number of ether oxygens (including phenoxy) is 4. The van der Waals surface area contributed by atoms with Gasteiger partial charge in [-0.1, -0.05) is 41.7 Å². The maximum atomic E-state index is 13.8. The van der Waals surface area contributed by atoms with Crippen LogP contribution < -0.4 is 29.1 Å². The van der Waals surface area contributed by atoms with Gasteiger partial charge in [-0.05, 0) is 73.0 Å². The number of hydrogen-bond donors (Lipinski definition) is 0. The van der Waals surface area contributed by atoms with Crippen LogP contribution in [0.3, 0.4) is 0 Å². The van der Waals surface area contributed by atoms with Crippen LogP contribution >= 0.6 is 11.3 Å². The van der Waals surface area contributed by atoms with Gasteiger partial charge >= 0.3 is 5.97 Å². The van der Waals surface area contributed by atoms with E-state index in [1.54, 1.807) is 30.3 Å². The summed E-state index contributed by atoms with van der Waals surface area (Å²) < 4.78 is 24.4. The number of thiazole rings is 1. The van der Waals surface area contributed by atoms with Gasteiger partial charge in [0, 0.05) is 6.20 Å². The summed E-state index contributed by atoms with van der Waals surface area (Å²) in [6.07, 6.45) is 3.25. The molecule has 1 atom stereocenters. The van der Waals surface area contributed by atoms with Crippen molar-refractivity contribution in [2.24, 2.45) is 4.99 Å². The smallest absolute Gasteiger partial charge is 0.337 e. The molecular formula is C33H29N3O6S. The van der Waals surface area contributed by atoms with E-state index in [2.05, 4.69) is 11.1 Å². The first-order chi connectivity index (χ1) is 20.9. The van der Waals surface area contributed by atoms with Gasteiger partial charge in [0.15, 0.2) is 16.3 Å². The van der Waals surface area contributed by atoms with Crippen molar-refractivity contribution in [2.45, 2.75) is 26.5 Å². The third-order valence-corrected chi connectivity index (χ3v) is 7.67. The molecule has 2 heterocycles. The molecule has 43 heavy (non-hydrogen) atoms.